The van der Waals surface area contributed by atoms with Crippen LogP contribution in [0.2, 0.25) is 5.02 Å². The lowest BCUT2D eigenvalue weighted by atomic mass is 10.0. The maximum Gasteiger partial charge on any atom is 0.237 e. The van der Waals surface area contributed by atoms with E-state index >= 15 is 0 Å². The van der Waals surface area contributed by atoms with Gasteiger partial charge >= 0.3 is 0 Å². The lowest BCUT2D eigenvalue weighted by molar-refractivity contribution is -0.123. The van der Waals surface area contributed by atoms with Crippen molar-refractivity contribution in [1.82, 2.24) is 10.6 Å². The van der Waals surface area contributed by atoms with Crippen LogP contribution in [-0.4, -0.2) is 31.7 Å². The molecular weight excluding hydrogens is 327 g/mol. The Labute approximate surface area is 141 Å². The van der Waals surface area contributed by atoms with Gasteiger partial charge in [0, 0.05) is 6.54 Å². The van der Waals surface area contributed by atoms with Gasteiger partial charge in [0.15, 0.2) is 11.5 Å². The molecule has 0 bridgehead atoms. The molecule has 1 saturated heterocycles. The summed E-state index contributed by atoms with van der Waals surface area (Å²) < 4.78 is 11.0. The molecule has 1 atom stereocenters. The minimum Gasteiger partial charge on any atom is -0.486 e. The molecule has 2 heterocycles. The van der Waals surface area contributed by atoms with Crippen LogP contribution in [0.4, 0.5) is 0 Å². The van der Waals surface area contributed by atoms with Crippen molar-refractivity contribution in [2.45, 2.75) is 31.8 Å². The fourth-order valence-electron chi connectivity index (χ4n) is 2.65. The maximum atomic E-state index is 12.1. The van der Waals surface area contributed by atoms with Gasteiger partial charge in [-0.2, -0.15) is 0 Å². The Morgan fingerprint density at radius 2 is 2.14 bits per heavy atom. The third kappa shape index (κ3) is 3.97. The third-order valence-electron chi connectivity index (χ3n) is 3.75. The molecule has 0 aliphatic carbocycles. The molecule has 2 N–H and O–H groups in total. The van der Waals surface area contributed by atoms with E-state index in [1.54, 1.807) is 0 Å². The summed E-state index contributed by atoms with van der Waals surface area (Å²) in [5.74, 6) is 1.28. The number of amides is 1. The Kier molecular flexibility index (Phi) is 6.17. The van der Waals surface area contributed by atoms with Crippen molar-refractivity contribution in [3.05, 3.63) is 22.7 Å². The van der Waals surface area contributed by atoms with Crippen molar-refractivity contribution >= 4 is 29.9 Å². The second-order valence-corrected chi connectivity index (χ2v) is 5.73. The van der Waals surface area contributed by atoms with Gasteiger partial charge in [0.2, 0.25) is 5.91 Å². The summed E-state index contributed by atoms with van der Waals surface area (Å²) in [4.78, 5) is 12.1. The van der Waals surface area contributed by atoms with Crippen molar-refractivity contribution in [2.24, 2.45) is 0 Å². The predicted octanol–water partition coefficient (Wildman–Crippen LogP) is 2.29. The van der Waals surface area contributed by atoms with E-state index in [1.807, 2.05) is 12.1 Å². The van der Waals surface area contributed by atoms with Crippen LogP contribution in [0.3, 0.4) is 0 Å². The Bertz CT molecular complexity index is 534. The molecule has 5 nitrogen and oxygen atoms in total. The highest BCUT2D eigenvalue weighted by Gasteiger charge is 2.21. The number of carbonyl (C=O) groups is 1. The molecular formula is C15H20Cl2N2O3. The summed E-state index contributed by atoms with van der Waals surface area (Å²) in [6, 6.07) is 3.60. The van der Waals surface area contributed by atoms with E-state index in [1.165, 1.54) is 0 Å². The lowest BCUT2D eigenvalue weighted by Crippen LogP contribution is -2.46. The first-order chi connectivity index (χ1) is 10.2. The Morgan fingerprint density at radius 1 is 1.32 bits per heavy atom. The molecule has 0 aromatic heterocycles. The van der Waals surface area contributed by atoms with Gasteiger partial charge in [-0.3, -0.25) is 4.79 Å². The second-order valence-electron chi connectivity index (χ2n) is 5.32. The molecule has 0 saturated carbocycles. The molecule has 122 valence electrons. The molecule has 3 rings (SSSR count). The average Bonchev–Trinajstić information content (AvgIpc) is 2.53. The number of halogens is 2. The number of ether oxygens (including phenoxy) is 2. The maximum absolute atomic E-state index is 12.1. The van der Waals surface area contributed by atoms with Gasteiger partial charge < -0.3 is 20.1 Å². The highest BCUT2D eigenvalue weighted by Crippen LogP contribution is 2.38. The van der Waals surface area contributed by atoms with Crippen LogP contribution in [0, 0.1) is 0 Å². The molecule has 7 heteroatoms. The smallest absolute Gasteiger partial charge is 0.237 e. The average molecular weight is 347 g/mol. The molecule has 2 aliphatic rings. The standard InChI is InChI=1S/C15H19ClN2O3.ClH/c16-11-7-10(8-13-14(11)21-6-5-20-13)9-18-15(19)12-3-1-2-4-17-12;/h7-8,12,17H,1-6,9H2,(H,18,19);1H. The van der Waals surface area contributed by atoms with Gasteiger partial charge in [-0.15, -0.1) is 12.4 Å². The lowest BCUT2D eigenvalue weighted by Gasteiger charge is -2.23. The number of carbonyl (C=O) groups excluding carboxylic acids is 1. The molecule has 0 spiro atoms. The van der Waals surface area contributed by atoms with E-state index in [0.29, 0.717) is 36.3 Å². The van der Waals surface area contributed by atoms with E-state index in [4.69, 9.17) is 21.1 Å². The van der Waals surface area contributed by atoms with Crippen molar-refractivity contribution in [3.63, 3.8) is 0 Å². The number of hydrogen-bond acceptors (Lipinski definition) is 4. The van der Waals surface area contributed by atoms with Gasteiger partial charge in [0.25, 0.3) is 0 Å². The van der Waals surface area contributed by atoms with Gasteiger partial charge in [-0.25, -0.2) is 0 Å². The summed E-state index contributed by atoms with van der Waals surface area (Å²) >= 11 is 6.18. The van der Waals surface area contributed by atoms with E-state index in [-0.39, 0.29) is 24.4 Å². The minimum absolute atomic E-state index is 0. The number of fused-ring (bicyclic) bond motifs is 1. The van der Waals surface area contributed by atoms with Crippen LogP contribution < -0.4 is 20.1 Å². The first-order valence-electron chi connectivity index (χ1n) is 7.33. The van der Waals surface area contributed by atoms with E-state index in [0.717, 1.165) is 31.4 Å². The quantitative estimate of drug-likeness (QED) is 0.881. The fourth-order valence-corrected chi connectivity index (χ4v) is 2.94. The summed E-state index contributed by atoms with van der Waals surface area (Å²) in [5, 5.41) is 6.70. The highest BCUT2D eigenvalue weighted by molar-refractivity contribution is 6.32. The predicted molar refractivity (Wildman–Crippen MR) is 87.2 cm³/mol. The fraction of sp³-hybridized carbons (Fsp3) is 0.533. The largest absolute Gasteiger partial charge is 0.486 e. The van der Waals surface area contributed by atoms with Gasteiger partial charge in [0.1, 0.15) is 13.2 Å². The van der Waals surface area contributed by atoms with Gasteiger partial charge in [-0.05, 0) is 37.1 Å². The molecule has 1 fully saturated rings. The normalized spacial score (nSPS) is 20.0. The zero-order valence-electron chi connectivity index (χ0n) is 12.2. The number of benzene rings is 1. The van der Waals surface area contributed by atoms with Crippen LogP contribution in [-0.2, 0) is 11.3 Å². The number of hydrogen-bond donors (Lipinski definition) is 2. The molecule has 1 amide bonds. The molecule has 2 aliphatic heterocycles. The van der Waals surface area contributed by atoms with Crippen LogP contribution in [0.15, 0.2) is 12.1 Å². The molecule has 0 radical (unpaired) electrons. The number of piperidine rings is 1. The number of nitrogens with one attached hydrogen (secondary N) is 2. The van der Waals surface area contributed by atoms with Crippen molar-refractivity contribution in [2.75, 3.05) is 19.8 Å². The zero-order valence-corrected chi connectivity index (χ0v) is 13.8. The van der Waals surface area contributed by atoms with E-state index < -0.39 is 0 Å². The summed E-state index contributed by atoms with van der Waals surface area (Å²) in [6.07, 6.45) is 3.14. The third-order valence-corrected chi connectivity index (χ3v) is 4.03. The van der Waals surface area contributed by atoms with Crippen molar-refractivity contribution in [3.8, 4) is 11.5 Å². The minimum atomic E-state index is -0.0774. The zero-order chi connectivity index (χ0) is 14.7. The Hall–Kier alpha value is -1.17. The number of rotatable bonds is 3. The van der Waals surface area contributed by atoms with Crippen molar-refractivity contribution in [1.29, 1.82) is 0 Å². The van der Waals surface area contributed by atoms with E-state index in [9.17, 15) is 4.79 Å². The summed E-state index contributed by atoms with van der Waals surface area (Å²) in [6.45, 7) is 2.38. The van der Waals surface area contributed by atoms with E-state index in [2.05, 4.69) is 10.6 Å². The highest BCUT2D eigenvalue weighted by atomic mass is 35.5. The Balaban J connectivity index is 0.00000176. The molecule has 1 unspecified atom stereocenters. The van der Waals surface area contributed by atoms with Crippen LogP contribution in [0.5, 0.6) is 11.5 Å². The molecule has 1 aromatic carbocycles. The van der Waals surface area contributed by atoms with Gasteiger partial charge in [0.05, 0.1) is 11.1 Å². The monoisotopic (exact) mass is 346 g/mol. The van der Waals surface area contributed by atoms with Gasteiger partial charge in [-0.1, -0.05) is 18.0 Å². The SMILES string of the molecule is Cl.O=C(NCc1cc(Cl)c2c(c1)OCCO2)C1CCCCN1. The van der Waals surface area contributed by atoms with Crippen LogP contribution >= 0.6 is 24.0 Å². The van der Waals surface area contributed by atoms with Crippen molar-refractivity contribution < 1.29 is 14.3 Å². The first-order valence-corrected chi connectivity index (χ1v) is 7.71. The molecule has 22 heavy (non-hydrogen) atoms. The topological polar surface area (TPSA) is 59.6 Å². The summed E-state index contributed by atoms with van der Waals surface area (Å²) in [5.41, 5.74) is 0.911. The molecule has 1 aromatic rings. The summed E-state index contributed by atoms with van der Waals surface area (Å²) in [7, 11) is 0. The second kappa shape index (κ2) is 7.90. The Morgan fingerprint density at radius 3 is 2.91 bits per heavy atom. The van der Waals surface area contributed by atoms with Crippen LogP contribution in [0.25, 0.3) is 0 Å². The first kappa shape index (κ1) is 17.2. The van der Waals surface area contributed by atoms with Crippen LogP contribution in [0.1, 0.15) is 24.8 Å².